The summed E-state index contributed by atoms with van der Waals surface area (Å²) in [7, 11) is -1.67. The largest absolute Gasteiger partial charge is 0.419 e. The smallest absolute Gasteiger partial charge is 0.282 e. The number of rotatable bonds is 6. The van der Waals surface area contributed by atoms with E-state index in [2.05, 4.69) is 31.0 Å². The molecule has 2 aromatic rings. The van der Waals surface area contributed by atoms with Crippen LogP contribution in [0.4, 0.5) is 0 Å². The third-order valence-corrected chi connectivity index (χ3v) is 8.54. The normalized spacial score (nSPS) is 20.1. The standard InChI is InChI=1S/C20H28BrN5O3S/c1-24(18-8-3-2-4-9-18)30(27,28)26-12-10-25(11-13-26)15-19-22-23-20(29-19)16-6-5-7-17(21)14-16/h5-7,14,18H,2-4,8-13,15H2,1H3. The third-order valence-electron chi connectivity index (χ3n) is 6.01. The molecule has 10 heteroatoms. The molecule has 2 fully saturated rings. The highest BCUT2D eigenvalue weighted by atomic mass is 79.9. The molecular weight excluding hydrogens is 470 g/mol. The van der Waals surface area contributed by atoms with E-state index in [4.69, 9.17) is 4.42 Å². The fraction of sp³-hybridized carbons (Fsp3) is 0.600. The van der Waals surface area contributed by atoms with Crippen molar-refractivity contribution in [1.82, 2.24) is 23.7 Å². The Hall–Kier alpha value is -1.33. The van der Waals surface area contributed by atoms with Crippen molar-refractivity contribution in [3.8, 4) is 11.5 Å². The summed E-state index contributed by atoms with van der Waals surface area (Å²) in [6, 6.07) is 7.86. The summed E-state index contributed by atoms with van der Waals surface area (Å²) >= 11 is 3.45. The van der Waals surface area contributed by atoms with Crippen LogP contribution in [-0.2, 0) is 16.8 Å². The molecule has 1 aromatic heterocycles. The minimum absolute atomic E-state index is 0.136. The molecule has 164 valence electrons. The first kappa shape index (κ1) is 21.9. The Morgan fingerprint density at radius 1 is 1.13 bits per heavy atom. The molecule has 2 heterocycles. The van der Waals surface area contributed by atoms with E-state index in [9.17, 15) is 8.42 Å². The van der Waals surface area contributed by atoms with Crippen molar-refractivity contribution < 1.29 is 12.8 Å². The Kier molecular flexibility index (Phi) is 6.88. The van der Waals surface area contributed by atoms with Crippen LogP contribution < -0.4 is 0 Å². The fourth-order valence-corrected chi connectivity index (χ4v) is 6.16. The molecule has 0 amide bonds. The van der Waals surface area contributed by atoms with E-state index in [1.807, 2.05) is 24.3 Å². The zero-order valence-corrected chi connectivity index (χ0v) is 19.6. The van der Waals surface area contributed by atoms with Crippen molar-refractivity contribution in [2.45, 2.75) is 44.7 Å². The topological polar surface area (TPSA) is 82.8 Å². The molecule has 30 heavy (non-hydrogen) atoms. The van der Waals surface area contributed by atoms with E-state index in [-0.39, 0.29) is 6.04 Å². The SMILES string of the molecule is CN(C1CCCCC1)S(=O)(=O)N1CCN(Cc2nnc(-c3cccc(Br)c3)o2)CC1. The van der Waals surface area contributed by atoms with Crippen LogP contribution in [0, 0.1) is 0 Å². The number of nitrogens with zero attached hydrogens (tertiary/aromatic N) is 5. The predicted molar refractivity (Wildman–Crippen MR) is 118 cm³/mol. The Bertz CT molecular complexity index is 953. The predicted octanol–water partition coefficient (Wildman–Crippen LogP) is 3.13. The van der Waals surface area contributed by atoms with Crippen LogP contribution in [-0.4, -0.2) is 71.4 Å². The Balaban J connectivity index is 1.32. The van der Waals surface area contributed by atoms with E-state index in [0.717, 1.165) is 35.7 Å². The van der Waals surface area contributed by atoms with Gasteiger partial charge < -0.3 is 4.42 Å². The van der Waals surface area contributed by atoms with Crippen molar-refractivity contribution in [3.63, 3.8) is 0 Å². The van der Waals surface area contributed by atoms with Crippen LogP contribution in [0.25, 0.3) is 11.5 Å². The van der Waals surface area contributed by atoms with Gasteiger partial charge in [0, 0.05) is 49.3 Å². The second-order valence-corrected chi connectivity index (χ2v) is 10.9. The fourth-order valence-electron chi connectivity index (χ4n) is 4.18. The number of hydrogen-bond acceptors (Lipinski definition) is 6. The van der Waals surface area contributed by atoms with Gasteiger partial charge in [-0.1, -0.05) is 41.3 Å². The first-order valence-electron chi connectivity index (χ1n) is 10.5. The monoisotopic (exact) mass is 497 g/mol. The van der Waals surface area contributed by atoms with Gasteiger partial charge in [-0.3, -0.25) is 4.90 Å². The van der Waals surface area contributed by atoms with Gasteiger partial charge in [-0.15, -0.1) is 10.2 Å². The maximum atomic E-state index is 13.0. The van der Waals surface area contributed by atoms with E-state index in [0.29, 0.717) is 44.5 Å². The first-order valence-corrected chi connectivity index (χ1v) is 12.7. The van der Waals surface area contributed by atoms with E-state index in [1.165, 1.54) is 6.42 Å². The molecule has 1 saturated carbocycles. The van der Waals surface area contributed by atoms with Gasteiger partial charge in [0.1, 0.15) is 0 Å². The lowest BCUT2D eigenvalue weighted by Gasteiger charge is -2.38. The minimum atomic E-state index is -3.41. The molecular formula is C20H28BrN5O3S. The maximum absolute atomic E-state index is 13.0. The van der Waals surface area contributed by atoms with Gasteiger partial charge in [0.25, 0.3) is 10.2 Å². The van der Waals surface area contributed by atoms with Gasteiger partial charge >= 0.3 is 0 Å². The highest BCUT2D eigenvalue weighted by molar-refractivity contribution is 9.10. The zero-order chi connectivity index (χ0) is 21.1. The molecule has 0 atom stereocenters. The molecule has 1 aliphatic carbocycles. The third kappa shape index (κ3) is 4.94. The lowest BCUT2D eigenvalue weighted by Crippen LogP contribution is -2.54. The molecule has 2 aliphatic rings. The van der Waals surface area contributed by atoms with Crippen LogP contribution >= 0.6 is 15.9 Å². The second-order valence-electron chi connectivity index (χ2n) is 8.00. The lowest BCUT2D eigenvalue weighted by atomic mass is 9.96. The Morgan fingerprint density at radius 2 is 1.87 bits per heavy atom. The quantitative estimate of drug-likeness (QED) is 0.609. The molecule has 0 N–H and O–H groups in total. The number of hydrogen-bond donors (Lipinski definition) is 0. The lowest BCUT2D eigenvalue weighted by molar-refractivity contribution is 0.159. The van der Waals surface area contributed by atoms with Crippen LogP contribution in [0.1, 0.15) is 38.0 Å². The summed E-state index contributed by atoms with van der Waals surface area (Å²) < 4.78 is 36.0. The first-order chi connectivity index (χ1) is 14.4. The van der Waals surface area contributed by atoms with Crippen molar-refractivity contribution in [3.05, 3.63) is 34.6 Å². The van der Waals surface area contributed by atoms with Crippen molar-refractivity contribution in [2.24, 2.45) is 0 Å². The van der Waals surface area contributed by atoms with Gasteiger partial charge in [-0.2, -0.15) is 17.0 Å². The molecule has 1 saturated heterocycles. The summed E-state index contributed by atoms with van der Waals surface area (Å²) in [5.41, 5.74) is 0.866. The summed E-state index contributed by atoms with van der Waals surface area (Å²) in [5, 5.41) is 8.30. The number of aromatic nitrogens is 2. The molecule has 0 spiro atoms. The van der Waals surface area contributed by atoms with Gasteiger partial charge in [0.15, 0.2) is 0 Å². The molecule has 4 rings (SSSR count). The average molecular weight is 498 g/mol. The second kappa shape index (κ2) is 9.44. The van der Waals surface area contributed by atoms with Gasteiger partial charge in [0.05, 0.1) is 6.54 Å². The molecule has 1 aromatic carbocycles. The summed E-state index contributed by atoms with van der Waals surface area (Å²) in [6.45, 7) is 2.77. The minimum Gasteiger partial charge on any atom is -0.419 e. The van der Waals surface area contributed by atoms with Crippen LogP contribution in [0.15, 0.2) is 33.2 Å². The van der Waals surface area contributed by atoms with E-state index >= 15 is 0 Å². The average Bonchev–Trinajstić information content (AvgIpc) is 3.23. The highest BCUT2D eigenvalue weighted by Gasteiger charge is 2.34. The molecule has 0 bridgehead atoms. The number of benzene rings is 1. The summed E-state index contributed by atoms with van der Waals surface area (Å²) in [5.74, 6) is 1.03. The summed E-state index contributed by atoms with van der Waals surface area (Å²) in [6.07, 6.45) is 5.37. The zero-order valence-electron chi connectivity index (χ0n) is 17.2. The Morgan fingerprint density at radius 3 is 2.57 bits per heavy atom. The van der Waals surface area contributed by atoms with Crippen LogP contribution in [0.3, 0.4) is 0 Å². The van der Waals surface area contributed by atoms with Crippen molar-refractivity contribution in [2.75, 3.05) is 33.2 Å². The molecule has 8 nitrogen and oxygen atoms in total. The van der Waals surface area contributed by atoms with Gasteiger partial charge in [-0.05, 0) is 31.0 Å². The van der Waals surface area contributed by atoms with E-state index in [1.54, 1.807) is 15.7 Å². The van der Waals surface area contributed by atoms with Crippen molar-refractivity contribution in [1.29, 1.82) is 0 Å². The van der Waals surface area contributed by atoms with Gasteiger partial charge in [0.2, 0.25) is 11.8 Å². The molecule has 0 radical (unpaired) electrons. The van der Waals surface area contributed by atoms with Crippen molar-refractivity contribution >= 4 is 26.1 Å². The highest BCUT2D eigenvalue weighted by Crippen LogP contribution is 2.26. The Labute approximate surface area is 186 Å². The van der Waals surface area contributed by atoms with E-state index < -0.39 is 10.2 Å². The molecule has 1 aliphatic heterocycles. The maximum Gasteiger partial charge on any atom is 0.282 e. The van der Waals surface area contributed by atoms with Crippen LogP contribution in [0.2, 0.25) is 0 Å². The van der Waals surface area contributed by atoms with Crippen LogP contribution in [0.5, 0.6) is 0 Å². The van der Waals surface area contributed by atoms with Gasteiger partial charge in [-0.25, -0.2) is 0 Å². The molecule has 0 unspecified atom stereocenters. The summed E-state index contributed by atoms with van der Waals surface area (Å²) in [4.78, 5) is 2.16. The number of piperazine rings is 1. The number of halogens is 1.